The van der Waals surface area contributed by atoms with Crippen LogP contribution in [-0.4, -0.2) is 20.9 Å². The third kappa shape index (κ3) is 4.06. The van der Waals surface area contributed by atoms with Crippen LogP contribution in [0, 0.1) is 0 Å². The van der Waals surface area contributed by atoms with Crippen molar-refractivity contribution < 1.29 is 13.2 Å². The molecule has 3 aromatic rings. The van der Waals surface area contributed by atoms with Crippen LogP contribution in [0.1, 0.15) is 34.1 Å². The molecular formula is C22H22N2O3S2. The minimum atomic E-state index is -3.65. The topological polar surface area (TPSA) is 66.5 Å². The maximum absolute atomic E-state index is 13.0. The van der Waals surface area contributed by atoms with Crippen LogP contribution in [-0.2, 0) is 22.9 Å². The molecule has 1 aliphatic rings. The highest BCUT2D eigenvalue weighted by Gasteiger charge is 2.25. The highest BCUT2D eigenvalue weighted by Crippen LogP contribution is 2.32. The SMILES string of the molecule is CCc1ccc(S(=O)(=O)Nc2ccc3c(c2)N(C(=O)c2ccccc2)CCC3)s1. The Morgan fingerprint density at radius 1 is 1.10 bits per heavy atom. The van der Waals surface area contributed by atoms with Crippen LogP contribution in [0.2, 0.25) is 0 Å². The first-order valence-electron chi connectivity index (χ1n) is 9.59. The molecule has 0 bridgehead atoms. The molecule has 1 aliphatic heterocycles. The highest BCUT2D eigenvalue weighted by atomic mass is 32.2. The number of carbonyl (C=O) groups is 1. The van der Waals surface area contributed by atoms with Crippen molar-refractivity contribution in [2.45, 2.75) is 30.4 Å². The van der Waals surface area contributed by atoms with Crippen LogP contribution >= 0.6 is 11.3 Å². The van der Waals surface area contributed by atoms with Crippen molar-refractivity contribution in [1.29, 1.82) is 0 Å². The van der Waals surface area contributed by atoms with Gasteiger partial charge in [0.15, 0.2) is 0 Å². The summed E-state index contributed by atoms with van der Waals surface area (Å²) in [7, 11) is -3.65. The fourth-order valence-corrected chi connectivity index (χ4v) is 5.83. The lowest BCUT2D eigenvalue weighted by atomic mass is 10.00. The van der Waals surface area contributed by atoms with Gasteiger partial charge in [-0.15, -0.1) is 11.3 Å². The summed E-state index contributed by atoms with van der Waals surface area (Å²) in [5.74, 6) is -0.0719. The normalized spacial score (nSPS) is 13.8. The molecule has 150 valence electrons. The molecule has 1 aromatic heterocycles. The Hall–Kier alpha value is -2.64. The number of benzene rings is 2. The summed E-state index contributed by atoms with van der Waals surface area (Å²) in [4.78, 5) is 15.8. The quantitative estimate of drug-likeness (QED) is 0.643. The number of hydrogen-bond acceptors (Lipinski definition) is 4. The minimum absolute atomic E-state index is 0.0719. The van der Waals surface area contributed by atoms with Gasteiger partial charge in [-0.25, -0.2) is 8.42 Å². The Morgan fingerprint density at radius 2 is 1.90 bits per heavy atom. The average Bonchev–Trinajstić information content (AvgIpc) is 3.24. The molecule has 0 atom stereocenters. The van der Waals surface area contributed by atoms with Crippen LogP contribution < -0.4 is 9.62 Å². The summed E-state index contributed by atoms with van der Waals surface area (Å²) in [6, 6.07) is 18.1. The number of hydrogen-bond donors (Lipinski definition) is 1. The number of aryl methyl sites for hydroxylation is 2. The largest absolute Gasteiger partial charge is 0.308 e. The van der Waals surface area contributed by atoms with Crippen LogP contribution in [0.4, 0.5) is 11.4 Å². The number of sulfonamides is 1. The number of rotatable bonds is 5. The molecular weight excluding hydrogens is 404 g/mol. The minimum Gasteiger partial charge on any atom is -0.308 e. The summed E-state index contributed by atoms with van der Waals surface area (Å²) in [6.07, 6.45) is 2.55. The Morgan fingerprint density at radius 3 is 2.62 bits per heavy atom. The van der Waals surface area contributed by atoms with Crippen molar-refractivity contribution in [1.82, 2.24) is 0 Å². The van der Waals surface area contributed by atoms with Crippen LogP contribution in [0.15, 0.2) is 64.9 Å². The van der Waals surface area contributed by atoms with Gasteiger partial charge in [0.25, 0.3) is 15.9 Å². The predicted octanol–water partition coefficient (Wildman–Crippen LogP) is 4.70. The van der Waals surface area contributed by atoms with Gasteiger partial charge < -0.3 is 4.90 Å². The van der Waals surface area contributed by atoms with Gasteiger partial charge >= 0.3 is 0 Å². The molecule has 0 saturated heterocycles. The maximum atomic E-state index is 13.0. The van der Waals surface area contributed by atoms with Gasteiger partial charge in [0, 0.05) is 22.7 Å². The summed E-state index contributed by atoms with van der Waals surface area (Å²) in [5, 5.41) is 0. The first-order valence-corrected chi connectivity index (χ1v) is 11.9. The van der Waals surface area contributed by atoms with Gasteiger partial charge in [-0.1, -0.05) is 31.2 Å². The molecule has 29 heavy (non-hydrogen) atoms. The van der Waals surface area contributed by atoms with E-state index < -0.39 is 10.0 Å². The third-order valence-electron chi connectivity index (χ3n) is 4.97. The first kappa shape index (κ1) is 19.7. The third-order valence-corrected chi connectivity index (χ3v) is 8.08. The van der Waals surface area contributed by atoms with E-state index in [0.29, 0.717) is 22.0 Å². The average molecular weight is 427 g/mol. The van der Waals surface area contributed by atoms with Crippen molar-refractivity contribution >= 4 is 38.6 Å². The number of carbonyl (C=O) groups excluding carboxylic acids is 1. The summed E-state index contributed by atoms with van der Waals surface area (Å²) >= 11 is 1.28. The van der Waals surface area contributed by atoms with Gasteiger partial charge in [-0.2, -0.15) is 0 Å². The number of thiophene rings is 1. The van der Waals surface area contributed by atoms with Crippen LogP contribution in [0.3, 0.4) is 0 Å². The lowest BCUT2D eigenvalue weighted by Gasteiger charge is -2.30. The smallest absolute Gasteiger partial charge is 0.271 e. The molecule has 0 radical (unpaired) electrons. The summed E-state index contributed by atoms with van der Waals surface area (Å²) < 4.78 is 28.5. The lowest BCUT2D eigenvalue weighted by molar-refractivity contribution is 0.0985. The van der Waals surface area contributed by atoms with Crippen molar-refractivity contribution in [3.63, 3.8) is 0 Å². The van der Waals surface area contributed by atoms with E-state index in [2.05, 4.69) is 4.72 Å². The molecule has 1 amide bonds. The number of anilines is 2. The van der Waals surface area contributed by atoms with Gasteiger partial charge in [0.05, 0.1) is 5.69 Å². The molecule has 0 saturated carbocycles. The second-order valence-corrected chi connectivity index (χ2v) is 10.0. The molecule has 0 fully saturated rings. The number of nitrogens with zero attached hydrogens (tertiary/aromatic N) is 1. The molecule has 2 heterocycles. The van der Waals surface area contributed by atoms with E-state index >= 15 is 0 Å². The molecule has 7 heteroatoms. The molecule has 0 spiro atoms. The van der Waals surface area contributed by atoms with Crippen molar-refractivity contribution in [3.8, 4) is 0 Å². The number of amides is 1. The molecule has 2 aromatic carbocycles. The van der Waals surface area contributed by atoms with Crippen molar-refractivity contribution in [2.75, 3.05) is 16.2 Å². The van der Waals surface area contributed by atoms with Crippen molar-refractivity contribution in [3.05, 3.63) is 76.7 Å². The zero-order chi connectivity index (χ0) is 20.4. The highest BCUT2D eigenvalue weighted by molar-refractivity contribution is 7.94. The summed E-state index contributed by atoms with van der Waals surface area (Å²) in [5.41, 5.74) is 2.90. The van der Waals surface area contributed by atoms with E-state index in [-0.39, 0.29) is 5.91 Å². The van der Waals surface area contributed by atoms with Crippen LogP contribution in [0.25, 0.3) is 0 Å². The Bertz CT molecular complexity index is 1140. The van der Waals surface area contributed by atoms with Gasteiger partial charge in [-0.3, -0.25) is 9.52 Å². The number of nitrogens with one attached hydrogen (secondary N) is 1. The van der Waals surface area contributed by atoms with E-state index in [0.717, 1.165) is 35.4 Å². The second kappa shape index (κ2) is 8.00. The van der Waals surface area contributed by atoms with E-state index in [9.17, 15) is 13.2 Å². The molecule has 4 rings (SSSR count). The molecule has 0 unspecified atom stereocenters. The van der Waals surface area contributed by atoms with E-state index in [1.165, 1.54) is 11.3 Å². The summed E-state index contributed by atoms with van der Waals surface area (Å²) in [6.45, 7) is 2.61. The lowest BCUT2D eigenvalue weighted by Crippen LogP contribution is -2.35. The fourth-order valence-electron chi connectivity index (χ4n) is 3.48. The Labute approximate surface area is 175 Å². The standard InChI is InChI=1S/C22H22N2O3S2/c1-2-19-12-13-21(28-19)29(26,27)23-18-11-10-16-9-6-14-24(20(16)15-18)22(25)17-7-4-3-5-8-17/h3-5,7-8,10-13,15,23H,2,6,9,14H2,1H3. The zero-order valence-corrected chi connectivity index (χ0v) is 17.7. The Balaban J connectivity index is 1.64. The first-order chi connectivity index (χ1) is 14.0. The van der Waals surface area contributed by atoms with Gasteiger partial charge in [0.2, 0.25) is 0 Å². The van der Waals surface area contributed by atoms with Gasteiger partial charge in [0.1, 0.15) is 4.21 Å². The molecule has 1 N–H and O–H groups in total. The number of fused-ring (bicyclic) bond motifs is 1. The van der Waals surface area contributed by atoms with Crippen LogP contribution in [0.5, 0.6) is 0 Å². The van der Waals surface area contributed by atoms with E-state index in [1.54, 1.807) is 35.2 Å². The predicted molar refractivity (Wildman–Crippen MR) is 117 cm³/mol. The van der Waals surface area contributed by atoms with E-state index in [1.807, 2.05) is 37.3 Å². The van der Waals surface area contributed by atoms with E-state index in [4.69, 9.17) is 0 Å². The maximum Gasteiger partial charge on any atom is 0.271 e. The Kier molecular flexibility index (Phi) is 5.43. The monoisotopic (exact) mass is 426 g/mol. The van der Waals surface area contributed by atoms with Crippen molar-refractivity contribution in [2.24, 2.45) is 0 Å². The molecule has 5 nitrogen and oxygen atoms in total. The van der Waals surface area contributed by atoms with Gasteiger partial charge in [-0.05, 0) is 61.2 Å². The fraction of sp³-hybridized carbons (Fsp3) is 0.227. The zero-order valence-electron chi connectivity index (χ0n) is 16.1. The second-order valence-electron chi connectivity index (χ2n) is 6.95. The molecule has 0 aliphatic carbocycles.